The van der Waals surface area contributed by atoms with Crippen molar-refractivity contribution < 1.29 is 4.92 Å². The normalized spacial score (nSPS) is 12.1. The maximum Gasteiger partial charge on any atom is 0.290 e. The van der Waals surface area contributed by atoms with Crippen LogP contribution in [0.5, 0.6) is 0 Å². The van der Waals surface area contributed by atoms with E-state index in [1.165, 1.54) is 0 Å². The Morgan fingerprint density at radius 3 is 2.43 bits per heavy atom. The zero-order valence-corrected chi connectivity index (χ0v) is 8.95. The van der Waals surface area contributed by atoms with Gasteiger partial charge in [-0.1, -0.05) is 31.4 Å². The first-order valence-electron chi connectivity index (χ1n) is 3.81. The highest BCUT2D eigenvalue weighted by molar-refractivity contribution is 9.12. The van der Waals surface area contributed by atoms with Crippen LogP contribution in [0.25, 0.3) is 12.3 Å². The van der Waals surface area contributed by atoms with Gasteiger partial charge in [-0.2, -0.15) is 0 Å². The topological polar surface area (TPSA) is 43.1 Å². The van der Waals surface area contributed by atoms with E-state index in [0.29, 0.717) is 10.4 Å². The van der Waals surface area contributed by atoms with Crippen molar-refractivity contribution in [2.45, 2.75) is 0 Å². The number of hydrogen-bond donors (Lipinski definition) is 0. The fourth-order valence-electron chi connectivity index (χ4n) is 1.09. The molecule has 4 heteroatoms. The largest absolute Gasteiger partial charge is 0.290 e. The number of hydrogen-bond acceptors (Lipinski definition) is 2. The van der Waals surface area contributed by atoms with Crippen LogP contribution in [0.2, 0.25) is 0 Å². The smallest absolute Gasteiger partial charge is 0.258 e. The van der Waals surface area contributed by atoms with Crippen LogP contribution in [0.3, 0.4) is 0 Å². The SMILES string of the molecule is C=C(Br)/C(=c1/ccccc1=C)[N+](=O)[O-]. The molecule has 0 atom stereocenters. The van der Waals surface area contributed by atoms with E-state index in [2.05, 4.69) is 29.1 Å². The second-order valence-electron chi connectivity index (χ2n) is 2.67. The van der Waals surface area contributed by atoms with Crippen molar-refractivity contribution >= 4 is 28.2 Å². The molecule has 72 valence electrons. The molecule has 0 bridgehead atoms. The molecule has 0 unspecified atom stereocenters. The summed E-state index contributed by atoms with van der Waals surface area (Å²) in [5.41, 5.74) is -0.0457. The predicted molar refractivity (Wildman–Crippen MR) is 59.7 cm³/mol. The van der Waals surface area contributed by atoms with Gasteiger partial charge in [0.05, 0.1) is 14.6 Å². The maximum absolute atomic E-state index is 10.7. The van der Waals surface area contributed by atoms with Crippen LogP contribution in [-0.2, 0) is 0 Å². The second-order valence-corrected chi connectivity index (χ2v) is 3.62. The Bertz CT molecular complexity index is 477. The van der Waals surface area contributed by atoms with E-state index in [1.807, 2.05) is 0 Å². The van der Waals surface area contributed by atoms with E-state index in [9.17, 15) is 10.1 Å². The van der Waals surface area contributed by atoms with E-state index in [1.54, 1.807) is 24.3 Å². The highest BCUT2D eigenvalue weighted by Crippen LogP contribution is 2.13. The molecular formula is C10H8BrNO2. The van der Waals surface area contributed by atoms with Gasteiger partial charge in [0.15, 0.2) is 0 Å². The van der Waals surface area contributed by atoms with Crippen LogP contribution in [-0.4, -0.2) is 4.92 Å². The Hall–Kier alpha value is -1.42. The summed E-state index contributed by atoms with van der Waals surface area (Å²) in [6, 6.07) is 6.87. The summed E-state index contributed by atoms with van der Waals surface area (Å²) in [5.74, 6) is 0. The average Bonchev–Trinajstić information content (AvgIpc) is 2.07. The van der Waals surface area contributed by atoms with Crippen molar-refractivity contribution in [1.29, 1.82) is 0 Å². The molecule has 1 rings (SSSR count). The monoisotopic (exact) mass is 253 g/mol. The lowest BCUT2D eigenvalue weighted by Crippen LogP contribution is -2.27. The molecule has 0 saturated carbocycles. The van der Waals surface area contributed by atoms with Gasteiger partial charge < -0.3 is 0 Å². The summed E-state index contributed by atoms with van der Waals surface area (Å²) < 4.78 is 0.249. The molecule has 0 aliphatic heterocycles. The molecule has 0 fully saturated rings. The van der Waals surface area contributed by atoms with Crippen LogP contribution in [0.15, 0.2) is 35.3 Å². The lowest BCUT2D eigenvalue weighted by molar-refractivity contribution is -0.375. The molecule has 0 aliphatic carbocycles. The fourth-order valence-corrected chi connectivity index (χ4v) is 1.45. The quantitative estimate of drug-likeness (QED) is 0.591. The van der Waals surface area contributed by atoms with Crippen LogP contribution in [0.4, 0.5) is 0 Å². The Kier molecular flexibility index (Phi) is 3.19. The molecule has 0 saturated heterocycles. The molecule has 0 heterocycles. The summed E-state index contributed by atoms with van der Waals surface area (Å²) in [6.45, 7) is 7.22. The maximum atomic E-state index is 10.7. The fraction of sp³-hybridized carbons (Fsp3) is 0. The van der Waals surface area contributed by atoms with E-state index in [-0.39, 0.29) is 10.2 Å². The molecule has 1 aromatic rings. The summed E-state index contributed by atoms with van der Waals surface area (Å²) in [7, 11) is 0. The third-order valence-corrected chi connectivity index (χ3v) is 2.09. The minimum absolute atomic E-state index is 0.0457. The predicted octanol–water partition coefficient (Wildman–Crippen LogP) is 1.39. The third kappa shape index (κ3) is 2.09. The summed E-state index contributed by atoms with van der Waals surface area (Å²) in [6.07, 6.45) is 0. The number of nitro groups is 1. The Morgan fingerprint density at radius 1 is 1.43 bits per heavy atom. The Balaban J connectivity index is 3.70. The first-order valence-corrected chi connectivity index (χ1v) is 4.61. The van der Waals surface area contributed by atoms with Crippen molar-refractivity contribution in [2.24, 2.45) is 0 Å². The molecule has 0 amide bonds. The van der Waals surface area contributed by atoms with Gasteiger partial charge in [0.25, 0.3) is 5.70 Å². The number of nitrogens with zero attached hydrogens (tertiary/aromatic N) is 1. The van der Waals surface area contributed by atoms with Gasteiger partial charge >= 0.3 is 0 Å². The molecule has 1 aromatic carbocycles. The highest BCUT2D eigenvalue weighted by Gasteiger charge is 2.13. The van der Waals surface area contributed by atoms with Crippen LogP contribution in [0.1, 0.15) is 0 Å². The zero-order valence-electron chi connectivity index (χ0n) is 7.37. The van der Waals surface area contributed by atoms with Gasteiger partial charge in [-0.05, 0) is 27.2 Å². The van der Waals surface area contributed by atoms with Crippen LogP contribution in [0, 0.1) is 10.1 Å². The average molecular weight is 254 g/mol. The molecule has 3 nitrogen and oxygen atoms in total. The van der Waals surface area contributed by atoms with Crippen molar-refractivity contribution in [2.75, 3.05) is 0 Å². The number of rotatable bonds is 2. The van der Waals surface area contributed by atoms with E-state index >= 15 is 0 Å². The zero-order chi connectivity index (χ0) is 10.7. The lowest BCUT2D eigenvalue weighted by Gasteiger charge is -1.95. The molecule has 0 aromatic heterocycles. The van der Waals surface area contributed by atoms with E-state index in [0.717, 1.165) is 0 Å². The van der Waals surface area contributed by atoms with Gasteiger partial charge in [0.2, 0.25) is 0 Å². The van der Waals surface area contributed by atoms with Crippen molar-refractivity contribution in [3.8, 4) is 0 Å². The van der Waals surface area contributed by atoms with E-state index in [4.69, 9.17) is 0 Å². The van der Waals surface area contributed by atoms with Crippen molar-refractivity contribution in [3.05, 3.63) is 55.9 Å². The summed E-state index contributed by atoms with van der Waals surface area (Å²) >= 11 is 3.01. The third-order valence-electron chi connectivity index (χ3n) is 1.71. The Morgan fingerprint density at radius 2 is 2.00 bits per heavy atom. The minimum Gasteiger partial charge on any atom is -0.258 e. The van der Waals surface area contributed by atoms with Crippen LogP contribution >= 0.6 is 15.9 Å². The van der Waals surface area contributed by atoms with Gasteiger partial charge in [0, 0.05) is 0 Å². The van der Waals surface area contributed by atoms with Crippen LogP contribution < -0.4 is 10.4 Å². The number of halogens is 1. The second kappa shape index (κ2) is 4.19. The minimum atomic E-state index is -0.471. The van der Waals surface area contributed by atoms with Crippen molar-refractivity contribution in [3.63, 3.8) is 0 Å². The molecule has 0 spiro atoms. The van der Waals surface area contributed by atoms with Crippen molar-refractivity contribution in [1.82, 2.24) is 0 Å². The van der Waals surface area contributed by atoms with E-state index < -0.39 is 4.92 Å². The molecular weight excluding hydrogens is 246 g/mol. The van der Waals surface area contributed by atoms with Gasteiger partial charge in [0.1, 0.15) is 0 Å². The standard InChI is InChI=1S/C10H8BrNO2/c1-7-5-3-4-6-9(7)10(8(2)11)12(13)14/h3-6H,1-2H2/b10-9+. The molecule has 14 heavy (non-hydrogen) atoms. The first kappa shape index (κ1) is 10.7. The highest BCUT2D eigenvalue weighted by atomic mass is 79.9. The molecule has 0 N–H and O–H groups in total. The summed E-state index contributed by atoms with van der Waals surface area (Å²) in [4.78, 5) is 10.3. The first-order chi connectivity index (χ1) is 6.54. The van der Waals surface area contributed by atoms with Gasteiger partial charge in [-0.3, -0.25) is 10.1 Å². The Labute approximate surface area is 89.3 Å². The molecule has 0 aliphatic rings. The summed E-state index contributed by atoms with van der Waals surface area (Å²) in [5, 5.41) is 11.8. The molecule has 0 radical (unpaired) electrons. The lowest BCUT2D eigenvalue weighted by atomic mass is 10.2. The number of benzene rings is 1. The van der Waals surface area contributed by atoms with Gasteiger partial charge in [-0.15, -0.1) is 0 Å². The van der Waals surface area contributed by atoms with Gasteiger partial charge in [-0.25, -0.2) is 0 Å².